The second-order valence-electron chi connectivity index (χ2n) is 5.91. The van der Waals surface area contributed by atoms with Gasteiger partial charge in [-0.05, 0) is 43.0 Å². The van der Waals surface area contributed by atoms with Crippen molar-refractivity contribution in [2.24, 2.45) is 11.8 Å². The third-order valence-electron chi connectivity index (χ3n) is 3.67. The van der Waals surface area contributed by atoms with Gasteiger partial charge >= 0.3 is 0 Å². The molecule has 0 aliphatic carbocycles. The van der Waals surface area contributed by atoms with Gasteiger partial charge < -0.3 is 10.1 Å². The smallest absolute Gasteiger partial charge is 0.0879 e. The predicted octanol–water partition coefficient (Wildman–Crippen LogP) is 4.71. The Morgan fingerprint density at radius 3 is 2.85 bits per heavy atom. The summed E-state index contributed by atoms with van der Waals surface area (Å²) in [5.74, 6) is 1.14. The molecule has 112 valence electrons. The molecule has 0 radical (unpaired) electrons. The normalized spacial score (nSPS) is 23.2. The molecular weight excluding hydrogens is 293 g/mol. The van der Waals surface area contributed by atoms with E-state index >= 15 is 0 Å². The van der Waals surface area contributed by atoms with Crippen molar-refractivity contribution in [1.82, 2.24) is 5.32 Å². The summed E-state index contributed by atoms with van der Waals surface area (Å²) < 4.78 is 5.99. The van der Waals surface area contributed by atoms with E-state index in [1.165, 1.54) is 6.42 Å². The van der Waals surface area contributed by atoms with Crippen LogP contribution in [0.2, 0.25) is 10.0 Å². The highest BCUT2D eigenvalue weighted by atomic mass is 35.5. The maximum Gasteiger partial charge on any atom is 0.0879 e. The Labute approximate surface area is 131 Å². The highest BCUT2D eigenvalue weighted by molar-refractivity contribution is 6.35. The second kappa shape index (κ2) is 7.65. The molecule has 1 heterocycles. The average molecular weight is 316 g/mol. The Hall–Kier alpha value is -0.280. The van der Waals surface area contributed by atoms with Crippen LogP contribution in [0.4, 0.5) is 0 Å². The van der Waals surface area contributed by atoms with Gasteiger partial charge in [0.1, 0.15) is 0 Å². The molecule has 0 bridgehead atoms. The molecule has 0 amide bonds. The molecule has 1 saturated heterocycles. The number of benzene rings is 1. The number of hydrogen-bond acceptors (Lipinski definition) is 2. The van der Waals surface area contributed by atoms with Crippen molar-refractivity contribution in [3.05, 3.63) is 33.8 Å². The molecule has 1 N–H and O–H groups in total. The van der Waals surface area contributed by atoms with Crippen LogP contribution >= 0.6 is 23.2 Å². The van der Waals surface area contributed by atoms with Crippen molar-refractivity contribution in [3.8, 4) is 0 Å². The quantitative estimate of drug-likeness (QED) is 0.849. The first-order valence-corrected chi connectivity index (χ1v) is 8.10. The molecule has 0 saturated carbocycles. The molecule has 1 aliphatic heterocycles. The van der Waals surface area contributed by atoms with Crippen molar-refractivity contribution in [1.29, 1.82) is 0 Å². The lowest BCUT2D eigenvalue weighted by atomic mass is 9.89. The van der Waals surface area contributed by atoms with Gasteiger partial charge in [-0.1, -0.05) is 43.1 Å². The van der Waals surface area contributed by atoms with Gasteiger partial charge in [0, 0.05) is 29.1 Å². The van der Waals surface area contributed by atoms with Crippen LogP contribution in [-0.4, -0.2) is 19.7 Å². The monoisotopic (exact) mass is 315 g/mol. The fourth-order valence-electron chi connectivity index (χ4n) is 2.69. The number of ether oxygens (including phenoxy) is 1. The molecule has 0 aromatic heterocycles. The molecule has 2 rings (SSSR count). The third kappa shape index (κ3) is 4.36. The summed E-state index contributed by atoms with van der Waals surface area (Å²) in [6.07, 6.45) is 2.37. The van der Waals surface area contributed by atoms with Gasteiger partial charge in [-0.25, -0.2) is 0 Å². The molecular formula is C16H23Cl2NO. The van der Waals surface area contributed by atoms with Crippen LogP contribution in [-0.2, 0) is 4.74 Å². The maximum atomic E-state index is 6.33. The lowest BCUT2D eigenvalue weighted by molar-refractivity contribution is -0.0278. The van der Waals surface area contributed by atoms with Gasteiger partial charge in [0.05, 0.1) is 6.10 Å². The summed E-state index contributed by atoms with van der Waals surface area (Å²) in [4.78, 5) is 0. The van der Waals surface area contributed by atoms with E-state index in [2.05, 4.69) is 19.2 Å². The SMILES string of the molecule is CC(C)CNCC1CCCOC1c1ccc(Cl)cc1Cl. The Bertz CT molecular complexity index is 436. The van der Waals surface area contributed by atoms with Gasteiger partial charge in [0.25, 0.3) is 0 Å². The number of nitrogens with one attached hydrogen (secondary N) is 1. The Morgan fingerprint density at radius 2 is 2.15 bits per heavy atom. The fourth-order valence-corrected chi connectivity index (χ4v) is 3.20. The Morgan fingerprint density at radius 1 is 1.35 bits per heavy atom. The lowest BCUT2D eigenvalue weighted by Gasteiger charge is -2.33. The summed E-state index contributed by atoms with van der Waals surface area (Å²) in [5, 5.41) is 4.91. The standard InChI is InChI=1S/C16H23Cl2NO/c1-11(2)9-19-10-12-4-3-7-20-16(12)14-6-5-13(17)8-15(14)18/h5-6,8,11-12,16,19H,3-4,7,9-10H2,1-2H3. The zero-order valence-electron chi connectivity index (χ0n) is 12.2. The molecule has 0 spiro atoms. The van der Waals surface area contributed by atoms with Crippen molar-refractivity contribution in [2.75, 3.05) is 19.7 Å². The van der Waals surface area contributed by atoms with E-state index in [1.807, 2.05) is 12.1 Å². The molecule has 2 unspecified atom stereocenters. The van der Waals surface area contributed by atoms with Gasteiger partial charge in [0.2, 0.25) is 0 Å². The summed E-state index contributed by atoms with van der Waals surface area (Å²) in [7, 11) is 0. The van der Waals surface area contributed by atoms with E-state index in [-0.39, 0.29) is 6.10 Å². The minimum Gasteiger partial charge on any atom is -0.373 e. The van der Waals surface area contributed by atoms with E-state index in [0.717, 1.165) is 31.7 Å². The Balaban J connectivity index is 2.06. The third-order valence-corrected chi connectivity index (χ3v) is 4.24. The van der Waals surface area contributed by atoms with Crippen LogP contribution in [0.1, 0.15) is 38.4 Å². The minimum absolute atomic E-state index is 0.0770. The van der Waals surface area contributed by atoms with Crippen molar-refractivity contribution < 1.29 is 4.74 Å². The van der Waals surface area contributed by atoms with Gasteiger partial charge in [0.15, 0.2) is 0 Å². The molecule has 2 atom stereocenters. The summed E-state index contributed by atoms with van der Waals surface area (Å²) >= 11 is 12.3. The molecule has 1 fully saturated rings. The van der Waals surface area contributed by atoms with E-state index in [1.54, 1.807) is 6.07 Å². The van der Waals surface area contributed by atoms with Crippen molar-refractivity contribution in [2.45, 2.75) is 32.8 Å². The average Bonchev–Trinajstić information content (AvgIpc) is 2.39. The summed E-state index contributed by atoms with van der Waals surface area (Å²) in [5.41, 5.74) is 1.06. The minimum atomic E-state index is 0.0770. The lowest BCUT2D eigenvalue weighted by Crippen LogP contribution is -2.33. The first kappa shape index (κ1) is 16.1. The first-order valence-electron chi connectivity index (χ1n) is 7.35. The number of halogens is 2. The van der Waals surface area contributed by atoms with E-state index in [0.29, 0.717) is 21.9 Å². The zero-order valence-corrected chi connectivity index (χ0v) is 13.7. The van der Waals surface area contributed by atoms with E-state index < -0.39 is 0 Å². The van der Waals surface area contributed by atoms with Crippen molar-refractivity contribution >= 4 is 23.2 Å². The molecule has 1 aliphatic rings. The van der Waals surface area contributed by atoms with Crippen LogP contribution in [0.25, 0.3) is 0 Å². The molecule has 20 heavy (non-hydrogen) atoms. The van der Waals surface area contributed by atoms with Crippen molar-refractivity contribution in [3.63, 3.8) is 0 Å². The highest BCUT2D eigenvalue weighted by Gasteiger charge is 2.28. The van der Waals surface area contributed by atoms with Gasteiger partial charge in [-0.3, -0.25) is 0 Å². The second-order valence-corrected chi connectivity index (χ2v) is 6.76. The zero-order chi connectivity index (χ0) is 14.5. The molecule has 4 heteroatoms. The molecule has 1 aromatic rings. The van der Waals surface area contributed by atoms with E-state index in [4.69, 9.17) is 27.9 Å². The summed E-state index contributed by atoms with van der Waals surface area (Å²) in [6.45, 7) is 7.26. The van der Waals surface area contributed by atoms with Gasteiger partial charge in [-0.2, -0.15) is 0 Å². The molecule has 2 nitrogen and oxygen atoms in total. The van der Waals surface area contributed by atoms with Gasteiger partial charge in [-0.15, -0.1) is 0 Å². The Kier molecular flexibility index (Phi) is 6.16. The molecule has 1 aromatic carbocycles. The predicted molar refractivity (Wildman–Crippen MR) is 85.6 cm³/mol. The summed E-state index contributed by atoms with van der Waals surface area (Å²) in [6, 6.07) is 5.68. The van der Waals surface area contributed by atoms with Crippen LogP contribution in [0.3, 0.4) is 0 Å². The van der Waals surface area contributed by atoms with E-state index in [9.17, 15) is 0 Å². The number of hydrogen-bond donors (Lipinski definition) is 1. The van der Waals surface area contributed by atoms with Crippen LogP contribution in [0, 0.1) is 11.8 Å². The van der Waals surface area contributed by atoms with Crippen LogP contribution in [0.15, 0.2) is 18.2 Å². The maximum absolute atomic E-state index is 6.33. The van der Waals surface area contributed by atoms with Crippen LogP contribution < -0.4 is 5.32 Å². The topological polar surface area (TPSA) is 21.3 Å². The largest absolute Gasteiger partial charge is 0.373 e. The fraction of sp³-hybridized carbons (Fsp3) is 0.625. The number of rotatable bonds is 5. The first-order chi connectivity index (χ1) is 9.58. The highest BCUT2D eigenvalue weighted by Crippen LogP contribution is 2.37. The van der Waals surface area contributed by atoms with Crippen LogP contribution in [0.5, 0.6) is 0 Å².